The summed E-state index contributed by atoms with van der Waals surface area (Å²) in [5.74, 6) is -0.282. The van der Waals surface area contributed by atoms with Crippen molar-refractivity contribution in [1.29, 1.82) is 0 Å². The Morgan fingerprint density at radius 1 is 1.03 bits per heavy atom. The number of sulfonamides is 1. The van der Waals surface area contributed by atoms with Gasteiger partial charge in [0.15, 0.2) is 0 Å². The van der Waals surface area contributed by atoms with E-state index in [-0.39, 0.29) is 10.6 Å². The van der Waals surface area contributed by atoms with E-state index >= 15 is 0 Å². The molecule has 0 aromatic heterocycles. The second kappa shape index (κ2) is 12.5. The van der Waals surface area contributed by atoms with Gasteiger partial charge in [-0.25, -0.2) is 12.8 Å². The number of carbonyl (C=O) groups excluding carboxylic acids is 1. The first-order chi connectivity index (χ1) is 16.3. The molecule has 0 aliphatic carbocycles. The standard InChI is InChI=1S/C24H24ClFN2O3S3/c1-32-21-10-12-23(13-11-21)34(30,31)28(20-5-2-4-19(26)16-20)17-24(29)27-14-3-15-33-22-8-6-18(25)7-9-22/h2,4-13,16H,3,14-15,17H2,1H3,(H,27,29). The lowest BCUT2D eigenvalue weighted by atomic mass is 10.3. The molecule has 0 atom stereocenters. The van der Waals surface area contributed by atoms with Crippen molar-refractivity contribution in [2.45, 2.75) is 21.1 Å². The molecule has 5 nitrogen and oxygen atoms in total. The number of nitrogens with zero attached hydrogens (tertiary/aromatic N) is 1. The van der Waals surface area contributed by atoms with Gasteiger partial charge in [-0.1, -0.05) is 17.7 Å². The zero-order valence-electron chi connectivity index (χ0n) is 18.4. The minimum Gasteiger partial charge on any atom is -0.354 e. The highest BCUT2D eigenvalue weighted by atomic mass is 35.5. The van der Waals surface area contributed by atoms with Gasteiger partial charge in [0.2, 0.25) is 5.91 Å². The molecule has 0 spiro atoms. The van der Waals surface area contributed by atoms with Crippen LogP contribution >= 0.6 is 35.1 Å². The van der Waals surface area contributed by atoms with Gasteiger partial charge in [0.05, 0.1) is 10.6 Å². The van der Waals surface area contributed by atoms with E-state index in [1.54, 1.807) is 23.9 Å². The molecule has 0 saturated heterocycles. The Morgan fingerprint density at radius 2 is 1.71 bits per heavy atom. The number of thioether (sulfide) groups is 2. The van der Waals surface area contributed by atoms with Crippen molar-refractivity contribution in [1.82, 2.24) is 5.32 Å². The van der Waals surface area contributed by atoms with Crippen molar-refractivity contribution >= 4 is 56.7 Å². The van der Waals surface area contributed by atoms with Crippen LogP contribution in [-0.4, -0.2) is 39.4 Å². The summed E-state index contributed by atoms with van der Waals surface area (Å²) < 4.78 is 41.5. The van der Waals surface area contributed by atoms with Crippen molar-refractivity contribution in [2.75, 3.05) is 29.4 Å². The van der Waals surface area contributed by atoms with Gasteiger partial charge in [-0.3, -0.25) is 9.10 Å². The van der Waals surface area contributed by atoms with Gasteiger partial charge in [-0.2, -0.15) is 0 Å². The number of rotatable bonds is 11. The SMILES string of the molecule is CSc1ccc(S(=O)(=O)N(CC(=O)NCCCSc2ccc(Cl)cc2)c2cccc(F)c2)cc1. The third kappa shape index (κ3) is 7.40. The smallest absolute Gasteiger partial charge is 0.264 e. The highest BCUT2D eigenvalue weighted by Gasteiger charge is 2.27. The summed E-state index contributed by atoms with van der Waals surface area (Å²) in [4.78, 5) is 14.6. The van der Waals surface area contributed by atoms with E-state index in [1.807, 2.05) is 30.5 Å². The lowest BCUT2D eigenvalue weighted by Crippen LogP contribution is -2.41. The first-order valence-electron chi connectivity index (χ1n) is 10.4. The van der Waals surface area contributed by atoms with Gasteiger partial charge < -0.3 is 5.32 Å². The molecule has 0 aliphatic rings. The van der Waals surface area contributed by atoms with E-state index < -0.39 is 28.3 Å². The van der Waals surface area contributed by atoms with Crippen LogP contribution in [0.2, 0.25) is 5.02 Å². The molecular weight excluding hydrogens is 515 g/mol. The maximum Gasteiger partial charge on any atom is 0.264 e. The van der Waals surface area contributed by atoms with Gasteiger partial charge in [0.1, 0.15) is 12.4 Å². The summed E-state index contributed by atoms with van der Waals surface area (Å²) in [5.41, 5.74) is 0.0855. The normalized spacial score (nSPS) is 11.3. The van der Waals surface area contributed by atoms with E-state index in [0.29, 0.717) is 18.0 Å². The van der Waals surface area contributed by atoms with E-state index in [4.69, 9.17) is 11.6 Å². The minimum absolute atomic E-state index is 0.0294. The monoisotopic (exact) mass is 538 g/mol. The van der Waals surface area contributed by atoms with Gasteiger partial charge in [0.25, 0.3) is 10.0 Å². The highest BCUT2D eigenvalue weighted by Crippen LogP contribution is 2.26. The number of anilines is 1. The zero-order chi connectivity index (χ0) is 24.6. The summed E-state index contributed by atoms with van der Waals surface area (Å²) in [5, 5.41) is 3.43. The number of hydrogen-bond acceptors (Lipinski definition) is 5. The molecule has 1 N–H and O–H groups in total. The predicted molar refractivity (Wildman–Crippen MR) is 139 cm³/mol. The maximum absolute atomic E-state index is 13.9. The van der Waals surface area contributed by atoms with Crippen LogP contribution in [0, 0.1) is 5.82 Å². The van der Waals surface area contributed by atoms with Gasteiger partial charge >= 0.3 is 0 Å². The molecule has 0 radical (unpaired) electrons. The first-order valence-corrected chi connectivity index (χ1v) is 14.4. The number of halogens is 2. The molecule has 0 unspecified atom stereocenters. The molecule has 1 amide bonds. The first kappa shape index (κ1) is 26.4. The number of nitrogens with one attached hydrogen (secondary N) is 1. The van der Waals surface area contributed by atoms with Crippen molar-refractivity contribution in [3.8, 4) is 0 Å². The Hall–Kier alpha value is -2.20. The Labute approximate surface area is 213 Å². The van der Waals surface area contributed by atoms with Crippen LogP contribution in [0.4, 0.5) is 10.1 Å². The Balaban J connectivity index is 1.65. The number of amides is 1. The second-order valence-corrected chi connectivity index (χ2v) is 11.5. The number of carbonyl (C=O) groups is 1. The molecule has 0 aliphatic heterocycles. The molecular formula is C24H24ClFN2O3S3. The summed E-state index contributed by atoms with van der Waals surface area (Å²) in [6, 6.07) is 19.1. The van der Waals surface area contributed by atoms with Crippen LogP contribution in [-0.2, 0) is 14.8 Å². The zero-order valence-corrected chi connectivity index (χ0v) is 21.6. The average molecular weight is 539 g/mol. The fourth-order valence-electron chi connectivity index (χ4n) is 3.03. The molecule has 34 heavy (non-hydrogen) atoms. The van der Waals surface area contributed by atoms with E-state index in [0.717, 1.165) is 25.9 Å². The quantitative estimate of drug-likeness (QED) is 0.251. The van der Waals surface area contributed by atoms with Gasteiger partial charge in [-0.05, 0) is 85.2 Å². The summed E-state index contributed by atoms with van der Waals surface area (Å²) in [6.07, 6.45) is 2.59. The molecule has 3 aromatic rings. The molecule has 0 saturated carbocycles. The molecule has 3 aromatic carbocycles. The summed E-state index contributed by atoms with van der Waals surface area (Å²) in [6.45, 7) is -0.0702. The van der Waals surface area contributed by atoms with Crippen molar-refractivity contribution in [3.63, 3.8) is 0 Å². The lowest BCUT2D eigenvalue weighted by Gasteiger charge is -2.24. The molecule has 0 bridgehead atoms. The van der Waals surface area contributed by atoms with Crippen LogP contribution in [0.25, 0.3) is 0 Å². The number of benzene rings is 3. The third-order valence-electron chi connectivity index (χ3n) is 4.76. The van der Waals surface area contributed by atoms with Crippen LogP contribution in [0.3, 0.4) is 0 Å². The molecule has 0 fully saturated rings. The van der Waals surface area contributed by atoms with E-state index in [9.17, 15) is 17.6 Å². The minimum atomic E-state index is -4.08. The van der Waals surface area contributed by atoms with Crippen LogP contribution < -0.4 is 9.62 Å². The average Bonchev–Trinajstić information content (AvgIpc) is 2.83. The van der Waals surface area contributed by atoms with E-state index in [2.05, 4.69) is 5.32 Å². The largest absolute Gasteiger partial charge is 0.354 e. The summed E-state index contributed by atoms with van der Waals surface area (Å²) >= 11 is 9.01. The van der Waals surface area contributed by atoms with Crippen LogP contribution in [0.1, 0.15) is 6.42 Å². The number of hydrogen-bond donors (Lipinski definition) is 1. The van der Waals surface area contributed by atoms with Gasteiger partial charge in [0, 0.05) is 21.4 Å². The Bertz CT molecular complexity index is 1210. The molecule has 180 valence electrons. The van der Waals surface area contributed by atoms with Crippen LogP contribution in [0.15, 0.2) is 87.5 Å². The van der Waals surface area contributed by atoms with Crippen molar-refractivity contribution < 1.29 is 17.6 Å². The molecule has 3 rings (SSSR count). The van der Waals surface area contributed by atoms with Gasteiger partial charge in [-0.15, -0.1) is 23.5 Å². The second-order valence-electron chi connectivity index (χ2n) is 7.17. The van der Waals surface area contributed by atoms with Crippen LogP contribution in [0.5, 0.6) is 0 Å². The predicted octanol–water partition coefficient (Wildman–Crippen LogP) is 5.69. The third-order valence-corrected chi connectivity index (χ3v) is 8.64. The van der Waals surface area contributed by atoms with Crippen molar-refractivity contribution in [2.24, 2.45) is 0 Å². The lowest BCUT2D eigenvalue weighted by molar-refractivity contribution is -0.119. The Kier molecular flexibility index (Phi) is 9.70. The van der Waals surface area contributed by atoms with Crippen molar-refractivity contribution in [3.05, 3.63) is 83.6 Å². The fraction of sp³-hybridized carbons (Fsp3) is 0.208. The molecule has 10 heteroatoms. The fourth-order valence-corrected chi connectivity index (χ4v) is 5.83. The molecule has 0 heterocycles. The topological polar surface area (TPSA) is 66.5 Å². The van der Waals surface area contributed by atoms with E-state index in [1.165, 1.54) is 42.1 Å². The highest BCUT2D eigenvalue weighted by molar-refractivity contribution is 7.99. The maximum atomic E-state index is 13.9. The Morgan fingerprint density at radius 3 is 2.35 bits per heavy atom. The summed E-state index contributed by atoms with van der Waals surface area (Å²) in [7, 11) is -4.08.